The maximum absolute atomic E-state index is 12.5. The Labute approximate surface area is 176 Å². The molecule has 1 amide bonds. The summed E-state index contributed by atoms with van der Waals surface area (Å²) in [7, 11) is 0. The predicted octanol–water partition coefficient (Wildman–Crippen LogP) is 3.85. The molecule has 4 rings (SSSR count). The number of thiazole rings is 1. The number of carbonyl (C=O) groups is 1. The van der Waals surface area contributed by atoms with Crippen molar-refractivity contribution >= 4 is 34.5 Å². The topological polar surface area (TPSA) is 85.6 Å². The molecule has 1 N–H and O–H groups in total. The van der Waals surface area contributed by atoms with E-state index in [9.17, 15) is 4.79 Å². The van der Waals surface area contributed by atoms with Crippen LogP contribution in [0.1, 0.15) is 21.8 Å². The number of aromatic nitrogens is 5. The van der Waals surface area contributed by atoms with Crippen molar-refractivity contribution in [3.63, 3.8) is 0 Å². The first kappa shape index (κ1) is 19.2. The van der Waals surface area contributed by atoms with Crippen LogP contribution in [0.25, 0.3) is 5.69 Å². The van der Waals surface area contributed by atoms with Crippen LogP contribution in [0.3, 0.4) is 0 Å². The summed E-state index contributed by atoms with van der Waals surface area (Å²) in [4.78, 5) is 17.0. The van der Waals surface area contributed by atoms with Gasteiger partial charge in [0.2, 0.25) is 5.91 Å². The van der Waals surface area contributed by atoms with Gasteiger partial charge in [-0.2, -0.15) is 0 Å². The van der Waals surface area contributed by atoms with E-state index in [1.54, 1.807) is 16.0 Å². The van der Waals surface area contributed by atoms with Crippen LogP contribution in [0.4, 0.5) is 5.69 Å². The lowest BCUT2D eigenvalue weighted by Gasteiger charge is -2.09. The van der Waals surface area contributed by atoms with Gasteiger partial charge in [-0.1, -0.05) is 29.8 Å². The highest BCUT2D eigenvalue weighted by molar-refractivity contribution is 7.09. The number of benzene rings is 2. The molecule has 2 heterocycles. The summed E-state index contributed by atoms with van der Waals surface area (Å²) < 4.78 is 1.56. The lowest BCUT2D eigenvalue weighted by molar-refractivity contribution is -0.115. The van der Waals surface area contributed by atoms with Crippen LogP contribution in [-0.4, -0.2) is 31.1 Å². The Balaban J connectivity index is 1.40. The number of hydrogen-bond acceptors (Lipinski definition) is 6. The summed E-state index contributed by atoms with van der Waals surface area (Å²) in [6.07, 6.45) is 2.42. The van der Waals surface area contributed by atoms with Gasteiger partial charge in [-0.05, 0) is 52.7 Å². The summed E-state index contributed by atoms with van der Waals surface area (Å²) in [5.41, 5.74) is 4.33. The Morgan fingerprint density at radius 3 is 2.93 bits per heavy atom. The number of hydrogen-bond donors (Lipinski definition) is 1. The standard InChI is InChI=1S/C20H17ClN6OS/c1-13-5-6-16(9-18(13)27-12-22-25-26-27)23-19(28)10-17-11-29-20(24-17)8-14-3-2-4-15(21)7-14/h2-7,9,11-12H,8,10H2,1H3,(H,23,28). The molecule has 0 bridgehead atoms. The number of aryl methyl sites for hydroxylation is 1. The molecule has 4 aromatic rings. The number of carbonyl (C=O) groups excluding carboxylic acids is 1. The first-order chi connectivity index (χ1) is 14.1. The van der Waals surface area contributed by atoms with E-state index in [4.69, 9.17) is 11.6 Å². The quantitative estimate of drug-likeness (QED) is 0.508. The van der Waals surface area contributed by atoms with E-state index in [2.05, 4.69) is 25.8 Å². The Kier molecular flexibility index (Phi) is 5.64. The van der Waals surface area contributed by atoms with Crippen molar-refractivity contribution in [3.05, 3.63) is 81.0 Å². The number of amides is 1. The number of nitrogens with one attached hydrogen (secondary N) is 1. The molecule has 0 aliphatic rings. The van der Waals surface area contributed by atoms with Crippen LogP contribution < -0.4 is 5.32 Å². The van der Waals surface area contributed by atoms with E-state index in [0.29, 0.717) is 17.1 Å². The van der Waals surface area contributed by atoms with Gasteiger partial charge in [-0.3, -0.25) is 4.79 Å². The molecule has 146 valence electrons. The number of tetrazole rings is 1. The minimum Gasteiger partial charge on any atom is -0.326 e. The molecule has 0 unspecified atom stereocenters. The second-order valence-electron chi connectivity index (χ2n) is 6.52. The zero-order valence-electron chi connectivity index (χ0n) is 15.5. The third-order valence-corrected chi connectivity index (χ3v) is 5.41. The van der Waals surface area contributed by atoms with Crippen LogP contribution >= 0.6 is 22.9 Å². The van der Waals surface area contributed by atoms with Gasteiger partial charge in [0.1, 0.15) is 6.33 Å². The second kappa shape index (κ2) is 8.50. The van der Waals surface area contributed by atoms with Crippen LogP contribution in [0.15, 0.2) is 54.2 Å². The van der Waals surface area contributed by atoms with Crippen LogP contribution in [0.5, 0.6) is 0 Å². The molecule has 0 aliphatic heterocycles. The molecule has 9 heteroatoms. The van der Waals surface area contributed by atoms with Crippen molar-refractivity contribution in [1.82, 2.24) is 25.2 Å². The van der Waals surface area contributed by atoms with Crippen molar-refractivity contribution in [3.8, 4) is 5.69 Å². The van der Waals surface area contributed by atoms with Crippen molar-refractivity contribution in [2.75, 3.05) is 5.32 Å². The Bertz CT molecular complexity index is 1140. The number of rotatable bonds is 6. The zero-order chi connectivity index (χ0) is 20.2. The third kappa shape index (κ3) is 4.85. The molecule has 0 radical (unpaired) electrons. The highest BCUT2D eigenvalue weighted by atomic mass is 35.5. The van der Waals surface area contributed by atoms with Gasteiger partial charge in [-0.15, -0.1) is 16.4 Å². The average molecular weight is 425 g/mol. The van der Waals surface area contributed by atoms with E-state index in [1.807, 2.05) is 54.8 Å². The van der Waals surface area contributed by atoms with Crippen LogP contribution in [0.2, 0.25) is 5.02 Å². The average Bonchev–Trinajstić information content (AvgIpc) is 3.36. The van der Waals surface area contributed by atoms with Crippen LogP contribution in [0, 0.1) is 6.92 Å². The Hall–Kier alpha value is -3.10. The molecule has 2 aromatic carbocycles. The fourth-order valence-electron chi connectivity index (χ4n) is 2.91. The van der Waals surface area contributed by atoms with Gasteiger partial charge in [-0.25, -0.2) is 9.67 Å². The van der Waals surface area contributed by atoms with Gasteiger partial charge in [0.15, 0.2) is 0 Å². The lowest BCUT2D eigenvalue weighted by Crippen LogP contribution is -2.15. The molecule has 29 heavy (non-hydrogen) atoms. The van der Waals surface area contributed by atoms with Crippen molar-refractivity contribution < 1.29 is 4.79 Å². The summed E-state index contributed by atoms with van der Waals surface area (Å²) >= 11 is 7.57. The summed E-state index contributed by atoms with van der Waals surface area (Å²) in [5, 5.41) is 17.7. The monoisotopic (exact) mass is 424 g/mol. The molecule has 2 aromatic heterocycles. The molecule has 0 saturated carbocycles. The number of nitrogens with zero attached hydrogens (tertiary/aromatic N) is 5. The van der Waals surface area contributed by atoms with Gasteiger partial charge in [0, 0.05) is 22.5 Å². The smallest absolute Gasteiger partial charge is 0.230 e. The van der Waals surface area contributed by atoms with Gasteiger partial charge < -0.3 is 5.32 Å². The van der Waals surface area contributed by atoms with Crippen molar-refractivity contribution in [2.24, 2.45) is 0 Å². The van der Waals surface area contributed by atoms with Crippen molar-refractivity contribution in [1.29, 1.82) is 0 Å². The molecule has 7 nitrogen and oxygen atoms in total. The van der Waals surface area contributed by atoms with Gasteiger partial charge >= 0.3 is 0 Å². The maximum Gasteiger partial charge on any atom is 0.230 e. The van der Waals surface area contributed by atoms with Gasteiger partial charge in [0.05, 0.1) is 22.8 Å². The largest absolute Gasteiger partial charge is 0.326 e. The fraction of sp³-hybridized carbons (Fsp3) is 0.150. The first-order valence-electron chi connectivity index (χ1n) is 8.88. The molecule has 0 fully saturated rings. The third-order valence-electron chi connectivity index (χ3n) is 4.27. The molecule has 0 spiro atoms. The maximum atomic E-state index is 12.5. The summed E-state index contributed by atoms with van der Waals surface area (Å²) in [6.45, 7) is 1.96. The van der Waals surface area contributed by atoms with E-state index in [0.717, 1.165) is 27.5 Å². The van der Waals surface area contributed by atoms with E-state index < -0.39 is 0 Å². The minimum absolute atomic E-state index is 0.129. The SMILES string of the molecule is Cc1ccc(NC(=O)Cc2csc(Cc3cccc(Cl)c3)n2)cc1-n1cnnn1. The molecular weight excluding hydrogens is 408 g/mol. The fourth-order valence-corrected chi connectivity index (χ4v) is 3.95. The Morgan fingerprint density at radius 1 is 1.24 bits per heavy atom. The summed E-state index contributed by atoms with van der Waals surface area (Å²) in [6, 6.07) is 13.3. The first-order valence-corrected chi connectivity index (χ1v) is 10.1. The van der Waals surface area contributed by atoms with E-state index in [1.165, 1.54) is 6.33 Å². The molecule has 0 atom stereocenters. The predicted molar refractivity (Wildman–Crippen MR) is 113 cm³/mol. The molecule has 0 aliphatic carbocycles. The normalized spacial score (nSPS) is 10.8. The highest BCUT2D eigenvalue weighted by Crippen LogP contribution is 2.20. The molecular formula is C20H17ClN6OS. The highest BCUT2D eigenvalue weighted by Gasteiger charge is 2.11. The van der Waals surface area contributed by atoms with Crippen LogP contribution in [-0.2, 0) is 17.6 Å². The van der Waals surface area contributed by atoms with Crippen molar-refractivity contribution in [2.45, 2.75) is 19.8 Å². The number of anilines is 1. The minimum atomic E-state index is -0.129. The number of halogens is 1. The van der Waals surface area contributed by atoms with E-state index >= 15 is 0 Å². The summed E-state index contributed by atoms with van der Waals surface area (Å²) in [5.74, 6) is -0.129. The lowest BCUT2D eigenvalue weighted by atomic mass is 10.1. The second-order valence-corrected chi connectivity index (χ2v) is 7.90. The Morgan fingerprint density at radius 2 is 2.14 bits per heavy atom. The van der Waals surface area contributed by atoms with Gasteiger partial charge in [0.25, 0.3) is 0 Å². The van der Waals surface area contributed by atoms with E-state index in [-0.39, 0.29) is 12.3 Å². The molecule has 0 saturated heterocycles. The zero-order valence-corrected chi connectivity index (χ0v) is 17.1.